The first kappa shape index (κ1) is 30.6. The molecule has 1 saturated carbocycles. The SMILES string of the molecule is CCN(CC1CCC(N(C)C)CC1)c1cc(-c2ccc(C)cc2)cc(C(=O)N(C)Cc2c(C)cc(C)[nH]c2=O)c1C. The summed E-state index contributed by atoms with van der Waals surface area (Å²) in [5, 5.41) is 0. The van der Waals surface area contributed by atoms with Gasteiger partial charge in [0, 0.05) is 48.7 Å². The zero-order valence-corrected chi connectivity index (χ0v) is 26.3. The van der Waals surface area contributed by atoms with Gasteiger partial charge in [-0.1, -0.05) is 29.8 Å². The number of aromatic nitrogens is 1. The highest BCUT2D eigenvalue weighted by Gasteiger charge is 2.26. The van der Waals surface area contributed by atoms with E-state index in [0.29, 0.717) is 23.1 Å². The third kappa shape index (κ3) is 7.10. The summed E-state index contributed by atoms with van der Waals surface area (Å²) in [4.78, 5) is 36.2. The number of benzene rings is 2. The van der Waals surface area contributed by atoms with Crippen molar-refractivity contribution in [1.29, 1.82) is 0 Å². The van der Waals surface area contributed by atoms with E-state index in [1.807, 2.05) is 26.0 Å². The molecule has 220 valence electrons. The molecular formula is C35H48N4O2. The van der Waals surface area contributed by atoms with Crippen molar-refractivity contribution < 1.29 is 4.79 Å². The molecule has 0 radical (unpaired) electrons. The molecule has 0 spiro atoms. The summed E-state index contributed by atoms with van der Waals surface area (Å²) in [5.41, 5.74) is 8.39. The molecule has 41 heavy (non-hydrogen) atoms. The molecule has 1 heterocycles. The lowest BCUT2D eigenvalue weighted by atomic mass is 9.85. The Bertz CT molecular complexity index is 1420. The van der Waals surface area contributed by atoms with Crippen LogP contribution < -0.4 is 10.5 Å². The largest absolute Gasteiger partial charge is 0.371 e. The summed E-state index contributed by atoms with van der Waals surface area (Å²) in [6, 6.07) is 15.4. The van der Waals surface area contributed by atoms with Crippen LogP contribution in [0.2, 0.25) is 0 Å². The number of hydrogen-bond donors (Lipinski definition) is 1. The summed E-state index contributed by atoms with van der Waals surface area (Å²) in [6.45, 7) is 12.3. The smallest absolute Gasteiger partial charge is 0.254 e. The van der Waals surface area contributed by atoms with Crippen molar-refractivity contribution in [2.45, 2.75) is 72.9 Å². The summed E-state index contributed by atoms with van der Waals surface area (Å²) in [5.74, 6) is 0.575. The van der Waals surface area contributed by atoms with Crippen molar-refractivity contribution >= 4 is 11.6 Å². The Morgan fingerprint density at radius 3 is 2.15 bits per heavy atom. The van der Waals surface area contributed by atoms with Gasteiger partial charge in [0.1, 0.15) is 0 Å². The maximum Gasteiger partial charge on any atom is 0.254 e. The van der Waals surface area contributed by atoms with Crippen molar-refractivity contribution in [2.24, 2.45) is 5.92 Å². The van der Waals surface area contributed by atoms with Crippen LogP contribution in [0.5, 0.6) is 0 Å². The van der Waals surface area contributed by atoms with E-state index in [-0.39, 0.29) is 18.0 Å². The highest BCUT2D eigenvalue weighted by atomic mass is 16.2. The quantitative estimate of drug-likeness (QED) is 0.327. The van der Waals surface area contributed by atoms with Gasteiger partial charge in [-0.2, -0.15) is 0 Å². The van der Waals surface area contributed by atoms with E-state index in [0.717, 1.165) is 46.7 Å². The van der Waals surface area contributed by atoms with Gasteiger partial charge in [-0.3, -0.25) is 9.59 Å². The van der Waals surface area contributed by atoms with E-state index in [9.17, 15) is 9.59 Å². The van der Waals surface area contributed by atoms with Crippen LogP contribution in [0.1, 0.15) is 70.9 Å². The highest BCUT2D eigenvalue weighted by Crippen LogP contribution is 2.34. The van der Waals surface area contributed by atoms with Gasteiger partial charge in [0.05, 0.1) is 6.54 Å². The standard InChI is InChI=1S/C35H48N4O2/c1-9-39(21-27-12-16-30(17-13-27)37(6)7)33-20-29(28-14-10-23(2)11-15-28)19-31(26(33)5)35(41)38(8)22-32-24(3)18-25(4)36-34(32)40/h10-11,14-15,18-20,27,30H,9,12-13,16-17,21-22H2,1-8H3,(H,36,40). The number of amides is 1. The van der Waals surface area contributed by atoms with Crippen molar-refractivity contribution in [1.82, 2.24) is 14.8 Å². The molecule has 1 aromatic heterocycles. The molecule has 0 aliphatic heterocycles. The first-order chi connectivity index (χ1) is 19.5. The molecule has 6 nitrogen and oxygen atoms in total. The Morgan fingerprint density at radius 1 is 0.902 bits per heavy atom. The summed E-state index contributed by atoms with van der Waals surface area (Å²) in [7, 11) is 6.17. The van der Waals surface area contributed by atoms with Gasteiger partial charge in [-0.05, 0) is 121 Å². The van der Waals surface area contributed by atoms with Gasteiger partial charge in [-0.15, -0.1) is 0 Å². The molecule has 0 atom stereocenters. The molecule has 1 aliphatic rings. The fourth-order valence-corrected chi connectivity index (χ4v) is 6.31. The fraction of sp³-hybridized carbons (Fsp3) is 0.486. The molecular weight excluding hydrogens is 508 g/mol. The molecule has 3 aromatic rings. The second-order valence-electron chi connectivity index (χ2n) is 12.3. The van der Waals surface area contributed by atoms with Crippen LogP contribution in [0.15, 0.2) is 47.3 Å². The van der Waals surface area contributed by atoms with Gasteiger partial charge in [0.15, 0.2) is 0 Å². The van der Waals surface area contributed by atoms with E-state index >= 15 is 0 Å². The lowest BCUT2D eigenvalue weighted by molar-refractivity contribution is 0.0783. The summed E-state index contributed by atoms with van der Waals surface area (Å²) < 4.78 is 0. The van der Waals surface area contributed by atoms with E-state index in [2.05, 4.69) is 80.0 Å². The Kier molecular flexibility index (Phi) is 9.75. The minimum absolute atomic E-state index is 0.0698. The maximum atomic E-state index is 14.0. The normalized spacial score (nSPS) is 17.1. The van der Waals surface area contributed by atoms with Crippen LogP contribution in [-0.4, -0.2) is 61.0 Å². The zero-order valence-electron chi connectivity index (χ0n) is 26.3. The Balaban J connectivity index is 1.69. The number of H-pyrrole nitrogens is 1. The Morgan fingerprint density at radius 2 is 1.56 bits per heavy atom. The average Bonchev–Trinajstić information content (AvgIpc) is 2.94. The van der Waals surface area contributed by atoms with E-state index in [1.165, 1.54) is 31.2 Å². The molecule has 6 heteroatoms. The fourth-order valence-electron chi connectivity index (χ4n) is 6.31. The second-order valence-corrected chi connectivity index (χ2v) is 12.3. The van der Waals surface area contributed by atoms with Gasteiger partial charge < -0.3 is 19.7 Å². The molecule has 2 aromatic carbocycles. The molecule has 1 fully saturated rings. The minimum Gasteiger partial charge on any atom is -0.371 e. The van der Waals surface area contributed by atoms with Crippen molar-refractivity contribution in [2.75, 3.05) is 39.1 Å². The number of carbonyl (C=O) groups excluding carboxylic acids is 1. The van der Waals surface area contributed by atoms with Gasteiger partial charge in [0.2, 0.25) is 0 Å². The number of pyridine rings is 1. The number of rotatable bonds is 9. The van der Waals surface area contributed by atoms with Crippen LogP contribution in [0.25, 0.3) is 11.1 Å². The number of nitrogens with one attached hydrogen (secondary N) is 1. The number of aryl methyl sites for hydroxylation is 3. The molecule has 1 amide bonds. The van der Waals surface area contributed by atoms with Crippen LogP contribution in [0.3, 0.4) is 0 Å². The zero-order chi connectivity index (χ0) is 29.8. The average molecular weight is 557 g/mol. The number of anilines is 1. The number of carbonyl (C=O) groups is 1. The van der Waals surface area contributed by atoms with Crippen molar-refractivity contribution in [3.63, 3.8) is 0 Å². The maximum absolute atomic E-state index is 14.0. The number of hydrogen-bond acceptors (Lipinski definition) is 4. The van der Waals surface area contributed by atoms with Crippen molar-refractivity contribution in [3.8, 4) is 11.1 Å². The number of nitrogens with zero attached hydrogens (tertiary/aromatic N) is 3. The van der Waals surface area contributed by atoms with Gasteiger partial charge >= 0.3 is 0 Å². The lowest BCUT2D eigenvalue weighted by Gasteiger charge is -2.36. The van der Waals surface area contributed by atoms with Crippen LogP contribution in [0, 0.1) is 33.6 Å². The van der Waals surface area contributed by atoms with E-state index in [1.54, 1.807) is 11.9 Å². The molecule has 0 bridgehead atoms. The molecule has 0 unspecified atom stereocenters. The third-order valence-electron chi connectivity index (χ3n) is 8.98. The molecule has 0 saturated heterocycles. The van der Waals surface area contributed by atoms with E-state index < -0.39 is 0 Å². The molecule has 1 N–H and O–H groups in total. The van der Waals surface area contributed by atoms with Gasteiger partial charge in [-0.25, -0.2) is 0 Å². The minimum atomic E-state index is -0.130. The predicted octanol–water partition coefficient (Wildman–Crippen LogP) is 6.49. The topological polar surface area (TPSA) is 59.6 Å². The Labute approximate surface area is 246 Å². The van der Waals surface area contributed by atoms with Crippen LogP contribution >= 0.6 is 0 Å². The predicted molar refractivity (Wildman–Crippen MR) is 171 cm³/mol. The highest BCUT2D eigenvalue weighted by molar-refractivity contribution is 5.98. The lowest BCUT2D eigenvalue weighted by Crippen LogP contribution is -2.37. The van der Waals surface area contributed by atoms with E-state index in [4.69, 9.17) is 0 Å². The summed E-state index contributed by atoms with van der Waals surface area (Å²) >= 11 is 0. The molecule has 4 rings (SSSR count). The summed E-state index contributed by atoms with van der Waals surface area (Å²) in [6.07, 6.45) is 4.94. The molecule has 1 aliphatic carbocycles. The second kappa shape index (κ2) is 13.1. The first-order valence-electron chi connectivity index (χ1n) is 15.1. The van der Waals surface area contributed by atoms with Crippen LogP contribution in [-0.2, 0) is 6.54 Å². The van der Waals surface area contributed by atoms with Gasteiger partial charge in [0.25, 0.3) is 11.5 Å². The van der Waals surface area contributed by atoms with Crippen molar-refractivity contribution in [3.05, 3.63) is 86.3 Å². The third-order valence-corrected chi connectivity index (χ3v) is 8.98. The monoisotopic (exact) mass is 556 g/mol. The van der Waals surface area contributed by atoms with Crippen LogP contribution in [0.4, 0.5) is 5.69 Å². The number of aromatic amines is 1. The Hall–Kier alpha value is -3.38. The first-order valence-corrected chi connectivity index (χ1v) is 15.1.